The molecule has 0 heterocycles. The maximum absolute atomic E-state index is 11.9. The van der Waals surface area contributed by atoms with Gasteiger partial charge in [0.25, 0.3) is 0 Å². The summed E-state index contributed by atoms with van der Waals surface area (Å²) in [4.78, 5) is 11.3. The number of esters is 1. The summed E-state index contributed by atoms with van der Waals surface area (Å²) in [7, 11) is -3.52. The largest absolute Gasteiger partial charge is 0.475 e. The van der Waals surface area contributed by atoms with E-state index in [2.05, 4.69) is 0 Å². The molecule has 0 fully saturated rings. The topological polar surface area (TPSA) is 71.1 Å². The lowest BCUT2D eigenvalue weighted by Gasteiger charge is -2.18. The Balaban J connectivity index is 4.19. The molecule has 0 aliphatic carbocycles. The second-order valence-corrected chi connectivity index (χ2v) is 6.18. The Morgan fingerprint density at radius 2 is 1.63 bits per heavy atom. The Morgan fingerprint density at radius 1 is 1.11 bits per heavy atom. The molecule has 0 N–H and O–H groups in total. The van der Waals surface area contributed by atoms with Gasteiger partial charge in [0.1, 0.15) is 5.60 Å². The third-order valence-corrected chi connectivity index (χ3v) is 3.18. The zero-order valence-electron chi connectivity index (χ0n) is 12.2. The minimum atomic E-state index is -3.52. The van der Waals surface area contributed by atoms with Crippen LogP contribution in [0.25, 0.3) is 0 Å². The summed E-state index contributed by atoms with van der Waals surface area (Å²) in [6.45, 7) is 9.06. The first-order chi connectivity index (χ1) is 8.72. The monoisotopic (exact) mass is 294 g/mol. The van der Waals surface area contributed by atoms with Crippen LogP contribution in [-0.2, 0) is 27.7 Å². The van der Waals surface area contributed by atoms with Gasteiger partial charge in [-0.2, -0.15) is 0 Å². The van der Waals surface area contributed by atoms with Crippen molar-refractivity contribution in [1.29, 1.82) is 0 Å². The highest BCUT2D eigenvalue weighted by atomic mass is 31.2. The fourth-order valence-electron chi connectivity index (χ4n) is 1.04. The van der Waals surface area contributed by atoms with Crippen molar-refractivity contribution in [2.75, 3.05) is 19.8 Å². The molecule has 0 spiro atoms. The van der Waals surface area contributed by atoms with Crippen molar-refractivity contribution in [2.45, 2.75) is 40.2 Å². The van der Waals surface area contributed by atoms with E-state index in [9.17, 15) is 9.36 Å². The maximum atomic E-state index is 11.9. The summed E-state index contributed by atoms with van der Waals surface area (Å²) < 4.78 is 31.8. The Hall–Kier alpha value is -0.680. The molecular weight excluding hydrogens is 271 g/mol. The molecule has 0 aliphatic heterocycles. The molecule has 112 valence electrons. The Kier molecular flexibility index (Phi) is 8.18. The van der Waals surface area contributed by atoms with E-state index in [1.807, 2.05) is 0 Å². The lowest BCUT2D eigenvalue weighted by atomic mass is 10.2. The van der Waals surface area contributed by atoms with Crippen LogP contribution in [0.15, 0.2) is 12.2 Å². The lowest BCUT2D eigenvalue weighted by Crippen LogP contribution is -2.22. The van der Waals surface area contributed by atoms with Crippen molar-refractivity contribution in [3.63, 3.8) is 0 Å². The summed E-state index contributed by atoms with van der Waals surface area (Å²) in [6, 6.07) is 0. The molecule has 0 aliphatic rings. The Bertz CT molecular complexity index is 335. The van der Waals surface area contributed by atoms with Gasteiger partial charge in [-0.1, -0.05) is 6.08 Å². The van der Waals surface area contributed by atoms with Gasteiger partial charge in [0.05, 0.1) is 19.8 Å². The summed E-state index contributed by atoms with van der Waals surface area (Å²) in [5, 5.41) is 0. The van der Waals surface area contributed by atoms with Gasteiger partial charge in [0, 0.05) is 6.08 Å². The van der Waals surface area contributed by atoms with Gasteiger partial charge in [-0.3, -0.25) is 13.6 Å². The van der Waals surface area contributed by atoms with Crippen LogP contribution in [0.4, 0.5) is 0 Å². The molecule has 0 bridgehead atoms. The minimum absolute atomic E-state index is 0.0590. The maximum Gasteiger partial charge on any atom is 0.475 e. The molecule has 0 saturated heterocycles. The van der Waals surface area contributed by atoms with Crippen LogP contribution >= 0.6 is 7.82 Å². The SMILES string of the molecule is CCOP(=O)(OCC)OC/C=C/C(=O)OC(C)(C)C. The standard InChI is InChI=1S/C12H23O6P/c1-6-15-19(14,16-7-2)17-10-8-9-11(13)18-12(3,4)5/h8-9H,6-7,10H2,1-5H3/b9-8+. The second-order valence-electron chi connectivity index (χ2n) is 4.51. The summed E-state index contributed by atoms with van der Waals surface area (Å²) >= 11 is 0. The molecule has 0 aromatic carbocycles. The van der Waals surface area contributed by atoms with Gasteiger partial charge in [0.15, 0.2) is 0 Å². The average molecular weight is 294 g/mol. The van der Waals surface area contributed by atoms with E-state index < -0.39 is 19.4 Å². The predicted octanol–water partition coefficient (Wildman–Crippen LogP) is 3.08. The van der Waals surface area contributed by atoms with E-state index in [-0.39, 0.29) is 19.8 Å². The van der Waals surface area contributed by atoms with Gasteiger partial charge in [-0.25, -0.2) is 9.36 Å². The van der Waals surface area contributed by atoms with E-state index >= 15 is 0 Å². The number of carbonyl (C=O) groups is 1. The van der Waals surface area contributed by atoms with Crippen molar-refractivity contribution < 1.29 is 27.7 Å². The highest BCUT2D eigenvalue weighted by Crippen LogP contribution is 2.48. The number of carbonyl (C=O) groups excluding carboxylic acids is 1. The number of phosphoric ester groups is 1. The van der Waals surface area contributed by atoms with Crippen LogP contribution in [0.5, 0.6) is 0 Å². The number of ether oxygens (including phenoxy) is 1. The smallest absolute Gasteiger partial charge is 0.457 e. The van der Waals surface area contributed by atoms with Crippen LogP contribution in [0.2, 0.25) is 0 Å². The Labute approximate surface area is 114 Å². The molecule has 0 unspecified atom stereocenters. The van der Waals surface area contributed by atoms with Crippen molar-refractivity contribution >= 4 is 13.8 Å². The zero-order chi connectivity index (χ0) is 14.9. The Morgan fingerprint density at radius 3 is 2.05 bits per heavy atom. The third kappa shape index (κ3) is 9.85. The molecule has 0 aromatic rings. The summed E-state index contributed by atoms with van der Waals surface area (Å²) in [6.07, 6.45) is 2.62. The first kappa shape index (κ1) is 18.3. The molecule has 0 atom stereocenters. The van der Waals surface area contributed by atoms with E-state index in [1.165, 1.54) is 12.2 Å². The van der Waals surface area contributed by atoms with Gasteiger partial charge in [-0.05, 0) is 34.6 Å². The van der Waals surface area contributed by atoms with Crippen molar-refractivity contribution in [3.8, 4) is 0 Å². The fourth-order valence-corrected chi connectivity index (χ4v) is 2.17. The molecule has 0 rings (SSSR count). The highest BCUT2D eigenvalue weighted by Gasteiger charge is 2.24. The molecule has 0 amide bonds. The highest BCUT2D eigenvalue weighted by molar-refractivity contribution is 7.48. The van der Waals surface area contributed by atoms with Gasteiger partial charge < -0.3 is 4.74 Å². The van der Waals surface area contributed by atoms with Crippen molar-refractivity contribution in [1.82, 2.24) is 0 Å². The molecule has 19 heavy (non-hydrogen) atoms. The molecule has 0 radical (unpaired) electrons. The fraction of sp³-hybridized carbons (Fsp3) is 0.750. The average Bonchev–Trinajstić information content (AvgIpc) is 2.23. The quantitative estimate of drug-likeness (QED) is 0.389. The first-order valence-corrected chi connectivity index (χ1v) is 7.61. The van der Waals surface area contributed by atoms with Crippen molar-refractivity contribution in [2.24, 2.45) is 0 Å². The lowest BCUT2D eigenvalue weighted by molar-refractivity contribution is -0.148. The summed E-state index contributed by atoms with van der Waals surface area (Å²) in [5.41, 5.74) is -0.547. The normalized spacial score (nSPS) is 12.9. The summed E-state index contributed by atoms with van der Waals surface area (Å²) in [5.74, 6) is -0.487. The second kappa shape index (κ2) is 8.48. The number of hydrogen-bond donors (Lipinski definition) is 0. The van der Waals surface area contributed by atoms with Gasteiger partial charge in [0.2, 0.25) is 0 Å². The van der Waals surface area contributed by atoms with Crippen LogP contribution in [0.1, 0.15) is 34.6 Å². The van der Waals surface area contributed by atoms with Crippen LogP contribution in [-0.4, -0.2) is 31.4 Å². The van der Waals surface area contributed by atoms with Gasteiger partial charge in [-0.15, -0.1) is 0 Å². The number of rotatable bonds is 8. The number of hydrogen-bond acceptors (Lipinski definition) is 6. The first-order valence-electron chi connectivity index (χ1n) is 6.15. The van der Waals surface area contributed by atoms with Crippen LogP contribution in [0, 0.1) is 0 Å². The van der Waals surface area contributed by atoms with Crippen molar-refractivity contribution in [3.05, 3.63) is 12.2 Å². The van der Waals surface area contributed by atoms with Crippen LogP contribution in [0.3, 0.4) is 0 Å². The zero-order valence-corrected chi connectivity index (χ0v) is 13.1. The minimum Gasteiger partial charge on any atom is -0.457 e. The molecule has 0 aromatic heterocycles. The third-order valence-electron chi connectivity index (χ3n) is 1.56. The van der Waals surface area contributed by atoms with Crippen LogP contribution < -0.4 is 0 Å². The van der Waals surface area contributed by atoms with E-state index in [4.69, 9.17) is 18.3 Å². The molecular formula is C12H23O6P. The number of phosphoric acid groups is 1. The van der Waals surface area contributed by atoms with E-state index in [1.54, 1.807) is 34.6 Å². The van der Waals surface area contributed by atoms with Gasteiger partial charge >= 0.3 is 13.8 Å². The predicted molar refractivity (Wildman–Crippen MR) is 71.8 cm³/mol. The molecule has 0 saturated carbocycles. The molecule has 7 heteroatoms. The van der Waals surface area contributed by atoms with E-state index in [0.717, 1.165) is 0 Å². The molecule has 6 nitrogen and oxygen atoms in total. The van der Waals surface area contributed by atoms with E-state index in [0.29, 0.717) is 0 Å².